The Hall–Kier alpha value is -2.01. The van der Waals surface area contributed by atoms with Crippen LogP contribution in [0.1, 0.15) is 18.4 Å². The van der Waals surface area contributed by atoms with Crippen LogP contribution in [0.5, 0.6) is 0 Å². The number of benzene rings is 2. The SMILES string of the molecule is O=C1C(c2ccc(Cl)cc2)=C(N2CCCC2)C(=O)N1c1cc(Cl)ccc1Cl. The molecular weight excluding hydrogens is 407 g/mol. The molecule has 0 N–H and O–H groups in total. The Morgan fingerprint density at radius 1 is 0.778 bits per heavy atom. The fourth-order valence-electron chi connectivity index (χ4n) is 3.50. The van der Waals surface area contributed by atoms with Crippen LogP contribution in [0.4, 0.5) is 5.69 Å². The lowest BCUT2D eigenvalue weighted by atomic mass is 10.0. The third-order valence-corrected chi connectivity index (χ3v) is 5.57. The van der Waals surface area contributed by atoms with Gasteiger partial charge in [-0.1, -0.05) is 46.9 Å². The highest BCUT2D eigenvalue weighted by Gasteiger charge is 2.43. The lowest BCUT2D eigenvalue weighted by Gasteiger charge is -2.20. The van der Waals surface area contributed by atoms with Crippen molar-refractivity contribution in [3.05, 3.63) is 68.8 Å². The number of anilines is 1. The number of halogens is 3. The van der Waals surface area contributed by atoms with E-state index >= 15 is 0 Å². The summed E-state index contributed by atoms with van der Waals surface area (Å²) in [5, 5.41) is 1.26. The number of hydrogen-bond donors (Lipinski definition) is 0. The van der Waals surface area contributed by atoms with E-state index in [2.05, 4.69) is 0 Å². The van der Waals surface area contributed by atoms with Crippen LogP contribution in [-0.2, 0) is 9.59 Å². The van der Waals surface area contributed by atoms with Gasteiger partial charge in [-0.05, 0) is 48.7 Å². The summed E-state index contributed by atoms with van der Waals surface area (Å²) in [6, 6.07) is 11.6. The minimum Gasteiger partial charge on any atom is -0.366 e. The van der Waals surface area contributed by atoms with Crippen LogP contribution in [0.15, 0.2) is 48.2 Å². The van der Waals surface area contributed by atoms with Crippen molar-refractivity contribution in [3.8, 4) is 0 Å². The van der Waals surface area contributed by atoms with Crippen LogP contribution in [0.25, 0.3) is 5.57 Å². The molecule has 27 heavy (non-hydrogen) atoms. The molecule has 0 saturated carbocycles. The lowest BCUT2D eigenvalue weighted by Crippen LogP contribution is -2.34. The van der Waals surface area contributed by atoms with Crippen molar-refractivity contribution < 1.29 is 9.59 Å². The van der Waals surface area contributed by atoms with Gasteiger partial charge in [0, 0.05) is 23.1 Å². The van der Waals surface area contributed by atoms with Crippen LogP contribution in [-0.4, -0.2) is 29.8 Å². The van der Waals surface area contributed by atoms with Gasteiger partial charge in [-0.3, -0.25) is 9.59 Å². The van der Waals surface area contributed by atoms with Crippen molar-refractivity contribution in [2.45, 2.75) is 12.8 Å². The van der Waals surface area contributed by atoms with Gasteiger partial charge in [0.1, 0.15) is 5.70 Å². The van der Waals surface area contributed by atoms with Crippen molar-refractivity contribution in [1.82, 2.24) is 4.90 Å². The predicted octanol–water partition coefficient (Wildman–Crippen LogP) is 5.03. The molecule has 1 saturated heterocycles. The molecule has 2 amide bonds. The van der Waals surface area contributed by atoms with Gasteiger partial charge in [0.2, 0.25) is 0 Å². The van der Waals surface area contributed by atoms with E-state index in [1.165, 1.54) is 6.07 Å². The first-order chi connectivity index (χ1) is 13.0. The summed E-state index contributed by atoms with van der Waals surface area (Å²) in [5.74, 6) is -0.788. The molecule has 0 radical (unpaired) electrons. The Kier molecular flexibility index (Phi) is 4.89. The summed E-state index contributed by atoms with van der Waals surface area (Å²) in [4.78, 5) is 29.7. The normalized spacial score (nSPS) is 17.4. The molecule has 0 atom stereocenters. The van der Waals surface area contributed by atoms with Gasteiger partial charge in [0.15, 0.2) is 0 Å². The van der Waals surface area contributed by atoms with Gasteiger partial charge in [0.05, 0.1) is 16.3 Å². The third kappa shape index (κ3) is 3.22. The zero-order chi connectivity index (χ0) is 19.1. The molecule has 0 bridgehead atoms. The van der Waals surface area contributed by atoms with Crippen LogP contribution in [0.3, 0.4) is 0 Å². The first-order valence-electron chi connectivity index (χ1n) is 8.56. The Morgan fingerprint density at radius 3 is 2.07 bits per heavy atom. The number of likely N-dealkylation sites (tertiary alicyclic amines) is 1. The molecular formula is C20H15Cl3N2O2. The number of amides is 2. The topological polar surface area (TPSA) is 40.6 Å². The first kappa shape index (κ1) is 18.4. The molecule has 2 aliphatic heterocycles. The average molecular weight is 422 g/mol. The zero-order valence-electron chi connectivity index (χ0n) is 14.2. The Balaban J connectivity index is 1.86. The number of carbonyl (C=O) groups is 2. The minimum atomic E-state index is -0.409. The van der Waals surface area contributed by atoms with Crippen molar-refractivity contribution in [3.63, 3.8) is 0 Å². The molecule has 0 aliphatic carbocycles. The van der Waals surface area contributed by atoms with Gasteiger partial charge in [-0.2, -0.15) is 0 Å². The number of imide groups is 1. The average Bonchev–Trinajstić information content (AvgIpc) is 3.25. The highest BCUT2D eigenvalue weighted by atomic mass is 35.5. The number of nitrogens with zero attached hydrogens (tertiary/aromatic N) is 2. The first-order valence-corrected chi connectivity index (χ1v) is 9.70. The molecule has 138 valence electrons. The largest absolute Gasteiger partial charge is 0.366 e. The quantitative estimate of drug-likeness (QED) is 0.653. The van der Waals surface area contributed by atoms with Crippen molar-refractivity contribution in [2.24, 2.45) is 0 Å². The molecule has 0 spiro atoms. The predicted molar refractivity (Wildman–Crippen MR) is 108 cm³/mol. The van der Waals surface area contributed by atoms with E-state index in [1.807, 2.05) is 4.90 Å². The molecule has 2 aliphatic rings. The van der Waals surface area contributed by atoms with E-state index in [-0.39, 0.29) is 5.91 Å². The maximum absolute atomic E-state index is 13.3. The fraction of sp³-hybridized carbons (Fsp3) is 0.200. The second kappa shape index (κ2) is 7.19. The number of rotatable bonds is 3. The maximum Gasteiger partial charge on any atom is 0.282 e. The summed E-state index contributed by atoms with van der Waals surface area (Å²) in [6.45, 7) is 1.48. The number of hydrogen-bond acceptors (Lipinski definition) is 3. The van der Waals surface area contributed by atoms with Crippen molar-refractivity contribution in [2.75, 3.05) is 18.0 Å². The maximum atomic E-state index is 13.3. The van der Waals surface area contributed by atoms with E-state index in [4.69, 9.17) is 34.8 Å². The molecule has 0 unspecified atom stereocenters. The smallest absolute Gasteiger partial charge is 0.282 e. The highest BCUT2D eigenvalue weighted by Crippen LogP contribution is 2.39. The third-order valence-electron chi connectivity index (χ3n) is 4.76. The Labute approximate surface area is 171 Å². The summed E-state index contributed by atoms with van der Waals surface area (Å²) < 4.78 is 0. The second-order valence-electron chi connectivity index (χ2n) is 6.47. The standard InChI is InChI=1S/C20H15Cl3N2O2/c21-13-5-3-12(4-6-13)17-18(24-9-1-2-10-24)20(27)25(19(17)26)16-11-14(22)7-8-15(16)23/h3-8,11H,1-2,9-10H2. The van der Waals surface area contributed by atoms with E-state index in [0.717, 1.165) is 30.8 Å². The summed E-state index contributed by atoms with van der Waals surface area (Å²) in [5.41, 5.74) is 1.73. The molecule has 0 aromatic heterocycles. The van der Waals surface area contributed by atoms with E-state index in [1.54, 1.807) is 36.4 Å². The Bertz CT molecular complexity index is 964. The van der Waals surface area contributed by atoms with Crippen LogP contribution >= 0.6 is 34.8 Å². The molecule has 4 nitrogen and oxygen atoms in total. The zero-order valence-corrected chi connectivity index (χ0v) is 16.5. The van der Waals surface area contributed by atoms with Crippen molar-refractivity contribution >= 4 is 57.9 Å². The van der Waals surface area contributed by atoms with Gasteiger partial charge in [-0.15, -0.1) is 0 Å². The van der Waals surface area contributed by atoms with Gasteiger partial charge in [-0.25, -0.2) is 4.90 Å². The molecule has 2 aromatic carbocycles. The molecule has 2 aromatic rings. The van der Waals surface area contributed by atoms with Crippen molar-refractivity contribution in [1.29, 1.82) is 0 Å². The van der Waals surface area contributed by atoms with Crippen LogP contribution < -0.4 is 4.90 Å². The molecule has 2 heterocycles. The monoisotopic (exact) mass is 420 g/mol. The van der Waals surface area contributed by atoms with Gasteiger partial charge < -0.3 is 4.90 Å². The summed E-state index contributed by atoms with van der Waals surface area (Å²) >= 11 is 18.3. The minimum absolute atomic E-state index is 0.291. The Morgan fingerprint density at radius 2 is 1.41 bits per heavy atom. The van der Waals surface area contributed by atoms with E-state index < -0.39 is 5.91 Å². The fourth-order valence-corrected chi connectivity index (χ4v) is 4.00. The lowest BCUT2D eigenvalue weighted by molar-refractivity contribution is -0.120. The van der Waals surface area contributed by atoms with Crippen LogP contribution in [0, 0.1) is 0 Å². The molecule has 7 heteroatoms. The summed E-state index contributed by atoms with van der Waals surface area (Å²) in [7, 11) is 0. The molecule has 1 fully saturated rings. The second-order valence-corrected chi connectivity index (χ2v) is 7.75. The van der Waals surface area contributed by atoms with Crippen LogP contribution in [0.2, 0.25) is 15.1 Å². The van der Waals surface area contributed by atoms with Gasteiger partial charge in [0.25, 0.3) is 11.8 Å². The highest BCUT2D eigenvalue weighted by molar-refractivity contribution is 6.47. The molecule has 4 rings (SSSR count). The van der Waals surface area contributed by atoms with E-state index in [9.17, 15) is 9.59 Å². The number of carbonyl (C=O) groups excluding carboxylic acids is 2. The summed E-state index contributed by atoms with van der Waals surface area (Å²) in [6.07, 6.45) is 1.97. The van der Waals surface area contributed by atoms with E-state index in [0.29, 0.717) is 37.6 Å². The van der Waals surface area contributed by atoms with Gasteiger partial charge >= 0.3 is 0 Å².